The molecule has 1 aliphatic carbocycles. The summed E-state index contributed by atoms with van der Waals surface area (Å²) in [5, 5.41) is 21.7. The highest BCUT2D eigenvalue weighted by molar-refractivity contribution is 8.76. The number of carbonyl (C=O) groups excluding carboxylic acids is 6. The van der Waals surface area contributed by atoms with E-state index in [4.69, 9.17) is 4.74 Å². The van der Waals surface area contributed by atoms with Crippen LogP contribution in [0.4, 0.5) is 9.59 Å². The molecule has 2 saturated heterocycles. The molecule has 7 amide bonds. The standard InChI is InChI=1S/C47H62N8O7S3/c56-40(20-7-6-19-39-44-38(31-63-39)53-46(60)55-44)48-24-10-1-11-27-52-45(59)37(54-47(61)62-30-36-34-16-4-2-14-32(34)33-15-3-5-17-35(33)36)18-8-12-25-49-41(57)22-23-42(58)50-28-29-64-65-43-21-9-13-26-51-43/h2-5,9,13-17,21,26,36-39,44H,1,6-8,10-12,18-20,22-25,27-31H2,(H,48,56)(H,49,57)(H,50,58)(H,52,59)(H,54,61)(H2,53,55,60)/t37-,38+,39+,44+/m1/s1. The van der Waals surface area contributed by atoms with Gasteiger partial charge in [-0.2, -0.15) is 11.8 Å². The molecule has 3 aliphatic rings. The highest BCUT2D eigenvalue weighted by atomic mass is 33.1. The van der Waals surface area contributed by atoms with Crippen LogP contribution in [0, 0.1) is 0 Å². The fourth-order valence-corrected chi connectivity index (χ4v) is 11.6. The third kappa shape index (κ3) is 16.2. The molecule has 2 aliphatic heterocycles. The number of pyridine rings is 1. The zero-order chi connectivity index (χ0) is 45.6. The first-order valence-corrected chi connectivity index (χ1v) is 26.2. The summed E-state index contributed by atoms with van der Waals surface area (Å²) in [5.74, 6) is 0.839. The van der Waals surface area contributed by atoms with Crippen molar-refractivity contribution in [3.63, 3.8) is 0 Å². The van der Waals surface area contributed by atoms with Gasteiger partial charge in [-0.25, -0.2) is 14.6 Å². The number of rotatable bonds is 28. The van der Waals surface area contributed by atoms with E-state index in [9.17, 15) is 28.8 Å². The fourth-order valence-electron chi connectivity index (χ4n) is 8.24. The van der Waals surface area contributed by atoms with Gasteiger partial charge >= 0.3 is 12.1 Å². The molecule has 0 bridgehead atoms. The van der Waals surface area contributed by atoms with Crippen LogP contribution in [0.25, 0.3) is 11.1 Å². The lowest BCUT2D eigenvalue weighted by atomic mass is 9.98. The normalized spacial score (nSPS) is 17.4. The number of unbranched alkanes of at least 4 members (excludes halogenated alkanes) is 4. The summed E-state index contributed by atoms with van der Waals surface area (Å²) >= 11 is 1.88. The van der Waals surface area contributed by atoms with Crippen LogP contribution in [0.15, 0.2) is 78.0 Å². The molecule has 3 aromatic rings. The smallest absolute Gasteiger partial charge is 0.407 e. The molecule has 0 saturated carbocycles. The van der Waals surface area contributed by atoms with Crippen molar-refractivity contribution in [2.45, 2.75) is 111 Å². The van der Waals surface area contributed by atoms with Gasteiger partial charge in [0.25, 0.3) is 0 Å². The van der Waals surface area contributed by atoms with Gasteiger partial charge in [0.15, 0.2) is 0 Å². The van der Waals surface area contributed by atoms with Crippen LogP contribution in [0.2, 0.25) is 0 Å². The first-order chi connectivity index (χ1) is 31.7. The van der Waals surface area contributed by atoms with Gasteiger partial charge in [0.2, 0.25) is 23.6 Å². The molecule has 4 atom stereocenters. The van der Waals surface area contributed by atoms with Crippen molar-refractivity contribution in [1.29, 1.82) is 0 Å². The number of ether oxygens (including phenoxy) is 1. The molecule has 350 valence electrons. The zero-order valence-corrected chi connectivity index (χ0v) is 39.2. The molecule has 2 aromatic carbocycles. The Hall–Kier alpha value is -4.94. The number of hydrogen-bond donors (Lipinski definition) is 7. The van der Waals surface area contributed by atoms with Crippen LogP contribution in [-0.2, 0) is 23.9 Å². The molecule has 18 heteroatoms. The lowest BCUT2D eigenvalue weighted by Crippen LogP contribution is -2.47. The number of urea groups is 1. The van der Waals surface area contributed by atoms with Gasteiger partial charge in [-0.15, -0.1) is 0 Å². The van der Waals surface area contributed by atoms with Crippen molar-refractivity contribution in [3.8, 4) is 11.1 Å². The SMILES string of the molecule is O=C(CCCC[C@@H]1SC[C@@H]2NC(=O)N[C@@H]21)NCCCCCNC(=O)[C@@H](CCCCNC(=O)CCC(=O)NCCSSc1ccccn1)NC(=O)OCC1c2ccccc2-c2ccccc21. The average molecular weight is 947 g/mol. The molecule has 3 heterocycles. The third-order valence-corrected chi connectivity index (χ3v) is 15.4. The third-order valence-electron chi connectivity index (χ3n) is 11.6. The van der Waals surface area contributed by atoms with Gasteiger partial charge in [-0.1, -0.05) is 71.8 Å². The lowest BCUT2D eigenvalue weighted by molar-refractivity contribution is -0.126. The number of amides is 7. The molecule has 7 N–H and O–H groups in total. The van der Waals surface area contributed by atoms with E-state index in [1.165, 1.54) is 0 Å². The van der Waals surface area contributed by atoms with Crippen molar-refractivity contribution in [2.24, 2.45) is 0 Å². The number of carbonyl (C=O) groups is 6. The number of aromatic nitrogens is 1. The van der Waals surface area contributed by atoms with Crippen molar-refractivity contribution < 1.29 is 33.5 Å². The molecule has 65 heavy (non-hydrogen) atoms. The first kappa shape index (κ1) is 49.5. The summed E-state index contributed by atoms with van der Waals surface area (Å²) in [7, 11) is 3.15. The lowest BCUT2D eigenvalue weighted by Gasteiger charge is -2.20. The van der Waals surface area contributed by atoms with Gasteiger partial charge < -0.3 is 42.0 Å². The Balaban J connectivity index is 0.857. The van der Waals surface area contributed by atoms with Gasteiger partial charge in [0, 0.05) is 74.3 Å². The second-order valence-electron chi connectivity index (χ2n) is 16.4. The second-order valence-corrected chi connectivity index (χ2v) is 20.1. The van der Waals surface area contributed by atoms with Crippen molar-refractivity contribution in [2.75, 3.05) is 44.3 Å². The first-order valence-electron chi connectivity index (χ1n) is 22.8. The fraction of sp³-hybridized carbons (Fsp3) is 0.511. The molecule has 0 spiro atoms. The van der Waals surface area contributed by atoms with Crippen molar-refractivity contribution >= 4 is 69.1 Å². The Morgan fingerprint density at radius 2 is 1.37 bits per heavy atom. The maximum atomic E-state index is 13.4. The van der Waals surface area contributed by atoms with Crippen LogP contribution in [0.1, 0.15) is 94.1 Å². The molecular formula is C47H62N8O7S3. The number of thioether (sulfide) groups is 1. The summed E-state index contributed by atoms with van der Waals surface area (Å²) in [4.78, 5) is 79.7. The molecule has 0 radical (unpaired) electrons. The Labute approximate surface area is 393 Å². The molecule has 2 fully saturated rings. The van der Waals surface area contributed by atoms with Crippen LogP contribution in [0.5, 0.6) is 0 Å². The summed E-state index contributed by atoms with van der Waals surface area (Å²) in [6, 6.07) is 21.4. The summed E-state index contributed by atoms with van der Waals surface area (Å²) in [6.07, 6.45) is 8.18. The van der Waals surface area contributed by atoms with E-state index in [1.807, 2.05) is 54.2 Å². The van der Waals surface area contributed by atoms with Gasteiger partial charge in [0.1, 0.15) is 17.7 Å². The minimum absolute atomic E-state index is 0.0357. The topological polar surface area (TPSA) is 209 Å². The summed E-state index contributed by atoms with van der Waals surface area (Å²) in [6.45, 7) is 1.97. The van der Waals surface area contributed by atoms with Crippen molar-refractivity contribution in [3.05, 3.63) is 84.1 Å². The number of alkyl carbamates (subject to hydrolysis) is 1. The van der Waals surface area contributed by atoms with Crippen LogP contribution in [-0.4, -0.2) is 108 Å². The van der Waals surface area contributed by atoms with Crippen LogP contribution in [0.3, 0.4) is 0 Å². The Kier molecular flexibility index (Phi) is 20.5. The Morgan fingerprint density at radius 1 is 0.723 bits per heavy atom. The predicted molar refractivity (Wildman–Crippen MR) is 257 cm³/mol. The monoisotopic (exact) mass is 946 g/mol. The molecule has 6 rings (SSSR count). The number of benzene rings is 2. The number of nitrogens with one attached hydrogen (secondary N) is 7. The molecule has 15 nitrogen and oxygen atoms in total. The maximum Gasteiger partial charge on any atom is 0.407 e. The van der Waals surface area contributed by atoms with Crippen LogP contribution < -0.4 is 37.2 Å². The minimum atomic E-state index is -0.841. The van der Waals surface area contributed by atoms with E-state index in [1.54, 1.807) is 27.8 Å². The van der Waals surface area contributed by atoms with E-state index in [-0.39, 0.29) is 67.1 Å². The maximum absolute atomic E-state index is 13.4. The number of nitrogens with zero attached hydrogens (tertiary/aromatic N) is 1. The van der Waals surface area contributed by atoms with E-state index < -0.39 is 12.1 Å². The van der Waals surface area contributed by atoms with Crippen molar-refractivity contribution in [1.82, 2.24) is 42.2 Å². The predicted octanol–water partition coefficient (Wildman–Crippen LogP) is 6.04. The van der Waals surface area contributed by atoms with E-state index in [2.05, 4.69) is 66.5 Å². The number of fused-ring (bicyclic) bond motifs is 4. The minimum Gasteiger partial charge on any atom is -0.449 e. The van der Waals surface area contributed by atoms with Gasteiger partial charge in [-0.3, -0.25) is 19.2 Å². The quantitative estimate of drug-likeness (QED) is 0.0254. The summed E-state index contributed by atoms with van der Waals surface area (Å²) in [5.41, 5.74) is 4.43. The Bertz CT molecular complexity index is 2000. The molecular weight excluding hydrogens is 885 g/mol. The molecule has 1 aromatic heterocycles. The second kappa shape index (κ2) is 26.9. The highest BCUT2D eigenvalue weighted by Crippen LogP contribution is 2.44. The largest absolute Gasteiger partial charge is 0.449 e. The van der Waals surface area contributed by atoms with E-state index in [0.29, 0.717) is 69.3 Å². The summed E-state index contributed by atoms with van der Waals surface area (Å²) < 4.78 is 5.77. The van der Waals surface area contributed by atoms with Gasteiger partial charge in [-0.05, 0) is 96.5 Å². The average Bonchev–Trinajstić information content (AvgIpc) is 3.98. The number of hydrogen-bond acceptors (Lipinski definition) is 11. The highest BCUT2D eigenvalue weighted by Gasteiger charge is 2.42. The molecule has 0 unspecified atom stereocenters. The zero-order valence-electron chi connectivity index (χ0n) is 36.8. The van der Waals surface area contributed by atoms with E-state index >= 15 is 0 Å². The van der Waals surface area contributed by atoms with E-state index in [0.717, 1.165) is 65.1 Å². The van der Waals surface area contributed by atoms with Gasteiger partial charge in [0.05, 0.1) is 12.1 Å². The van der Waals surface area contributed by atoms with Crippen LogP contribution >= 0.6 is 33.3 Å². The Morgan fingerprint density at radius 3 is 2.08 bits per heavy atom.